The third-order valence-electron chi connectivity index (χ3n) is 2.52. The van der Waals surface area contributed by atoms with Crippen molar-refractivity contribution in [1.29, 1.82) is 0 Å². The highest BCUT2D eigenvalue weighted by Gasteiger charge is 2.11. The van der Waals surface area contributed by atoms with Crippen LogP contribution in [0, 0.1) is 0 Å². The number of nitrogens with two attached hydrogens (primary N) is 1. The molecule has 0 heterocycles. The molecule has 0 rings (SSSR count). The van der Waals surface area contributed by atoms with E-state index in [1.165, 1.54) is 0 Å². The molecule has 0 saturated carbocycles. The fourth-order valence-corrected chi connectivity index (χ4v) is 1.57. The smallest absolute Gasteiger partial charge is 0.221 e. The lowest BCUT2D eigenvalue weighted by Crippen LogP contribution is -2.38. The Hall–Kier alpha value is -0.610. The van der Waals surface area contributed by atoms with E-state index in [-0.39, 0.29) is 18.0 Å². The lowest BCUT2D eigenvalue weighted by molar-refractivity contribution is -0.122. The minimum Gasteiger partial charge on any atom is -0.354 e. The van der Waals surface area contributed by atoms with Gasteiger partial charge in [-0.1, -0.05) is 13.3 Å². The van der Waals surface area contributed by atoms with Crippen LogP contribution in [0.25, 0.3) is 0 Å². The molecule has 0 spiro atoms. The highest BCUT2D eigenvalue weighted by molar-refractivity contribution is 5.76. The van der Waals surface area contributed by atoms with Crippen LogP contribution in [-0.2, 0) is 4.79 Å². The number of nitrogens with one attached hydrogen (secondary N) is 1. The third kappa shape index (κ3) is 8.68. The van der Waals surface area contributed by atoms with Crippen LogP contribution in [0.1, 0.15) is 39.5 Å². The summed E-state index contributed by atoms with van der Waals surface area (Å²) in [5.41, 5.74) is 5.81. The van der Waals surface area contributed by atoms with Crippen LogP contribution in [0.5, 0.6) is 0 Å². The van der Waals surface area contributed by atoms with E-state index in [2.05, 4.69) is 17.1 Å². The lowest BCUT2D eigenvalue weighted by atomic mass is 10.1. The van der Waals surface area contributed by atoms with E-state index in [9.17, 15) is 4.79 Å². The molecule has 0 saturated heterocycles. The summed E-state index contributed by atoms with van der Waals surface area (Å²) in [6, 6.07) is 0.231. The highest BCUT2D eigenvalue weighted by atomic mass is 16.1. The molecule has 2 atom stereocenters. The maximum Gasteiger partial charge on any atom is 0.221 e. The van der Waals surface area contributed by atoms with Gasteiger partial charge in [0.15, 0.2) is 0 Å². The van der Waals surface area contributed by atoms with Crippen LogP contribution in [-0.4, -0.2) is 43.5 Å². The molecule has 4 heteroatoms. The zero-order valence-electron chi connectivity index (χ0n) is 11.1. The lowest BCUT2D eigenvalue weighted by Gasteiger charge is -2.18. The van der Waals surface area contributed by atoms with Gasteiger partial charge in [-0.05, 0) is 40.4 Å². The normalized spacial score (nSPS) is 14.9. The van der Waals surface area contributed by atoms with Crippen molar-refractivity contribution in [2.45, 2.75) is 51.6 Å². The second-order valence-electron chi connectivity index (χ2n) is 4.81. The zero-order valence-corrected chi connectivity index (χ0v) is 11.1. The SMILES string of the molecule is CCCC(N)CC(=O)NC(C)CCN(C)C. The van der Waals surface area contributed by atoms with Crippen molar-refractivity contribution >= 4 is 5.91 Å². The largest absolute Gasteiger partial charge is 0.354 e. The second-order valence-corrected chi connectivity index (χ2v) is 4.81. The first kappa shape index (κ1) is 15.4. The van der Waals surface area contributed by atoms with E-state index in [0.29, 0.717) is 6.42 Å². The van der Waals surface area contributed by atoms with Gasteiger partial charge in [0.2, 0.25) is 5.91 Å². The molecule has 0 aliphatic heterocycles. The van der Waals surface area contributed by atoms with E-state index >= 15 is 0 Å². The summed E-state index contributed by atoms with van der Waals surface area (Å²) >= 11 is 0. The highest BCUT2D eigenvalue weighted by Crippen LogP contribution is 1.99. The van der Waals surface area contributed by atoms with Crippen molar-refractivity contribution < 1.29 is 4.79 Å². The summed E-state index contributed by atoms with van der Waals surface area (Å²) in [5, 5.41) is 2.98. The molecule has 1 amide bonds. The second kappa shape index (κ2) is 8.53. The molecular weight excluding hydrogens is 202 g/mol. The van der Waals surface area contributed by atoms with Crippen LogP contribution in [0.4, 0.5) is 0 Å². The molecule has 0 bridgehead atoms. The Morgan fingerprint density at radius 1 is 1.38 bits per heavy atom. The van der Waals surface area contributed by atoms with Crippen molar-refractivity contribution in [3.8, 4) is 0 Å². The first-order chi connectivity index (χ1) is 7.45. The molecule has 0 fully saturated rings. The van der Waals surface area contributed by atoms with Crippen LogP contribution < -0.4 is 11.1 Å². The molecule has 0 aromatic rings. The first-order valence-corrected chi connectivity index (χ1v) is 6.15. The molecule has 0 aromatic heterocycles. The Morgan fingerprint density at radius 2 is 2.00 bits per heavy atom. The Balaban J connectivity index is 3.69. The summed E-state index contributed by atoms with van der Waals surface area (Å²) in [7, 11) is 4.07. The molecule has 16 heavy (non-hydrogen) atoms. The predicted octanol–water partition coefficient (Wildman–Crippen LogP) is 0.960. The maximum atomic E-state index is 11.6. The van der Waals surface area contributed by atoms with Crippen molar-refractivity contribution in [2.75, 3.05) is 20.6 Å². The number of hydrogen-bond donors (Lipinski definition) is 2. The summed E-state index contributed by atoms with van der Waals surface area (Å²) in [6.07, 6.45) is 3.37. The molecule has 4 nitrogen and oxygen atoms in total. The Kier molecular flexibility index (Phi) is 8.21. The van der Waals surface area contributed by atoms with Gasteiger partial charge in [0.05, 0.1) is 0 Å². The average molecular weight is 229 g/mol. The van der Waals surface area contributed by atoms with Crippen LogP contribution in [0.2, 0.25) is 0 Å². The van der Waals surface area contributed by atoms with Gasteiger partial charge in [0.25, 0.3) is 0 Å². The molecular formula is C12H27N3O. The third-order valence-corrected chi connectivity index (χ3v) is 2.52. The maximum absolute atomic E-state index is 11.6. The minimum atomic E-state index is 0.00560. The van der Waals surface area contributed by atoms with E-state index in [0.717, 1.165) is 25.8 Å². The van der Waals surface area contributed by atoms with Crippen molar-refractivity contribution in [3.05, 3.63) is 0 Å². The molecule has 3 N–H and O–H groups in total. The van der Waals surface area contributed by atoms with Crippen molar-refractivity contribution in [2.24, 2.45) is 5.73 Å². The Labute approximate surface area is 99.6 Å². The monoisotopic (exact) mass is 229 g/mol. The molecule has 0 aliphatic rings. The number of hydrogen-bond acceptors (Lipinski definition) is 3. The average Bonchev–Trinajstić information content (AvgIpc) is 2.14. The van der Waals surface area contributed by atoms with Gasteiger partial charge < -0.3 is 16.0 Å². The van der Waals surface area contributed by atoms with E-state index in [1.54, 1.807) is 0 Å². The standard InChI is InChI=1S/C12H27N3O/c1-5-6-11(13)9-12(16)14-10(2)7-8-15(3)4/h10-11H,5-9,13H2,1-4H3,(H,14,16). The van der Waals surface area contributed by atoms with E-state index in [4.69, 9.17) is 5.73 Å². The number of amides is 1. The van der Waals surface area contributed by atoms with Gasteiger partial charge in [0, 0.05) is 18.5 Å². The number of carbonyl (C=O) groups excluding carboxylic acids is 1. The van der Waals surface area contributed by atoms with Crippen molar-refractivity contribution in [1.82, 2.24) is 10.2 Å². The predicted molar refractivity (Wildman–Crippen MR) is 68.3 cm³/mol. The van der Waals surface area contributed by atoms with Gasteiger partial charge in [-0.3, -0.25) is 4.79 Å². The van der Waals surface area contributed by atoms with Crippen LogP contribution in [0.15, 0.2) is 0 Å². The first-order valence-electron chi connectivity index (χ1n) is 6.15. The molecule has 0 aromatic carbocycles. The Bertz CT molecular complexity index is 195. The topological polar surface area (TPSA) is 58.4 Å². The van der Waals surface area contributed by atoms with Gasteiger partial charge >= 0.3 is 0 Å². The Morgan fingerprint density at radius 3 is 2.50 bits per heavy atom. The van der Waals surface area contributed by atoms with Gasteiger partial charge in [-0.15, -0.1) is 0 Å². The van der Waals surface area contributed by atoms with Gasteiger partial charge in [-0.25, -0.2) is 0 Å². The minimum absolute atomic E-state index is 0.00560. The molecule has 2 unspecified atom stereocenters. The van der Waals surface area contributed by atoms with Gasteiger partial charge in [-0.2, -0.15) is 0 Å². The van der Waals surface area contributed by atoms with Crippen molar-refractivity contribution in [3.63, 3.8) is 0 Å². The number of rotatable bonds is 8. The zero-order chi connectivity index (χ0) is 12.6. The molecule has 0 aliphatic carbocycles. The van der Waals surface area contributed by atoms with E-state index in [1.807, 2.05) is 21.0 Å². The van der Waals surface area contributed by atoms with Crippen LogP contribution in [0.3, 0.4) is 0 Å². The summed E-state index contributed by atoms with van der Waals surface area (Å²) in [4.78, 5) is 13.7. The fraction of sp³-hybridized carbons (Fsp3) is 0.917. The summed E-state index contributed by atoms with van der Waals surface area (Å²) in [6.45, 7) is 5.10. The summed E-state index contributed by atoms with van der Waals surface area (Å²) < 4.78 is 0. The molecule has 96 valence electrons. The summed E-state index contributed by atoms with van der Waals surface area (Å²) in [5.74, 6) is 0.0761. The van der Waals surface area contributed by atoms with E-state index < -0.39 is 0 Å². The molecule has 0 radical (unpaired) electrons. The number of carbonyl (C=O) groups is 1. The van der Waals surface area contributed by atoms with Crippen LogP contribution >= 0.6 is 0 Å². The quantitative estimate of drug-likeness (QED) is 0.652. The fourth-order valence-electron chi connectivity index (χ4n) is 1.57. The number of nitrogens with zero attached hydrogens (tertiary/aromatic N) is 1. The van der Waals surface area contributed by atoms with Gasteiger partial charge in [0.1, 0.15) is 0 Å².